The second-order valence-electron chi connectivity index (χ2n) is 5.76. The van der Waals surface area contributed by atoms with E-state index in [4.69, 9.17) is 0 Å². The lowest BCUT2D eigenvalue weighted by Gasteiger charge is -2.17. The molecular weight excluding hydrogens is 376 g/mol. The summed E-state index contributed by atoms with van der Waals surface area (Å²) in [5.74, 6) is -0.367. The smallest absolute Gasteiger partial charge is 0.387 e. The molecule has 0 saturated heterocycles. The molecule has 1 heterocycles. The molecule has 3 N–H and O–H groups in total. The number of carbonyl (C=O) groups excluding carboxylic acids is 2. The number of carbonyl (C=O) groups is 2. The number of ether oxygens (including phenoxy) is 1. The van der Waals surface area contributed by atoms with Crippen molar-refractivity contribution in [3.8, 4) is 5.75 Å². The van der Waals surface area contributed by atoms with Gasteiger partial charge in [-0.25, -0.2) is 0 Å². The number of halogens is 2. The highest BCUT2D eigenvalue weighted by molar-refractivity contribution is 7.09. The fraction of sp³-hybridized carbons (Fsp3) is 0.333. The number of likely N-dealkylation sites (N-methyl/N-ethyl adjacent to an activating group) is 1. The largest absolute Gasteiger partial charge is 0.435 e. The molecule has 1 aromatic heterocycles. The van der Waals surface area contributed by atoms with E-state index in [1.807, 2.05) is 24.4 Å². The van der Waals surface area contributed by atoms with Crippen molar-refractivity contribution in [1.82, 2.24) is 5.32 Å². The van der Waals surface area contributed by atoms with Crippen molar-refractivity contribution in [3.63, 3.8) is 0 Å². The number of hydrogen-bond acceptors (Lipinski definition) is 4. The van der Waals surface area contributed by atoms with Crippen molar-refractivity contribution in [3.05, 3.63) is 46.7 Å². The van der Waals surface area contributed by atoms with Gasteiger partial charge in [-0.1, -0.05) is 6.07 Å². The molecule has 2 rings (SSSR count). The van der Waals surface area contributed by atoms with Gasteiger partial charge >= 0.3 is 6.61 Å². The predicted octanol–water partition coefficient (Wildman–Crippen LogP) is 1.51. The van der Waals surface area contributed by atoms with Crippen LogP contribution < -0.4 is 20.3 Å². The first-order chi connectivity index (χ1) is 13.0. The van der Waals surface area contributed by atoms with E-state index in [-0.39, 0.29) is 30.7 Å². The third kappa shape index (κ3) is 7.71. The van der Waals surface area contributed by atoms with E-state index in [0.717, 1.165) is 9.78 Å². The molecule has 1 unspecified atom stereocenters. The van der Waals surface area contributed by atoms with Gasteiger partial charge in [0.15, 0.2) is 13.1 Å². The number of anilines is 1. The highest BCUT2D eigenvalue weighted by atomic mass is 32.1. The summed E-state index contributed by atoms with van der Waals surface area (Å²) in [7, 11) is 0. The fourth-order valence-corrected chi connectivity index (χ4v) is 3.00. The number of amides is 2. The van der Waals surface area contributed by atoms with Gasteiger partial charge in [0.25, 0.3) is 11.8 Å². The monoisotopic (exact) mass is 398 g/mol. The van der Waals surface area contributed by atoms with Crippen LogP contribution in [0.5, 0.6) is 5.75 Å². The summed E-state index contributed by atoms with van der Waals surface area (Å²) in [6.45, 7) is 0.409. The van der Waals surface area contributed by atoms with Crippen molar-refractivity contribution < 1.29 is 28.0 Å². The van der Waals surface area contributed by atoms with Crippen LogP contribution in [0.25, 0.3) is 0 Å². The number of hydrogen-bond donors (Lipinski definition) is 3. The Labute approximate surface area is 160 Å². The molecule has 1 aromatic carbocycles. The average Bonchev–Trinajstić information content (AvgIpc) is 3.14. The summed E-state index contributed by atoms with van der Waals surface area (Å²) in [5.41, 5.74) is 0.471. The molecule has 0 saturated carbocycles. The standard InChI is InChI=1S/C18H21F2N3O3S/c1-2-23(11-16(24)21-10-15-4-3-9-27-15)12-17(25)22-13-5-7-14(8-6-13)26-18(19)20/h3-9,18H,2,10-12H2,1H3,(H,21,24)(H,22,25)/p+1. The van der Waals surface area contributed by atoms with Gasteiger partial charge < -0.3 is 20.3 Å². The van der Waals surface area contributed by atoms with Crippen LogP contribution in [0.4, 0.5) is 14.5 Å². The number of nitrogens with one attached hydrogen (secondary N) is 3. The van der Waals surface area contributed by atoms with E-state index in [0.29, 0.717) is 18.8 Å². The Bertz CT molecular complexity index is 724. The minimum atomic E-state index is -2.89. The molecule has 1 atom stereocenters. The molecule has 2 amide bonds. The molecule has 146 valence electrons. The Morgan fingerprint density at radius 2 is 1.85 bits per heavy atom. The number of benzene rings is 1. The van der Waals surface area contributed by atoms with Crippen LogP contribution in [0.1, 0.15) is 11.8 Å². The summed E-state index contributed by atoms with van der Waals surface area (Å²) >= 11 is 1.57. The predicted molar refractivity (Wildman–Crippen MR) is 99.1 cm³/mol. The van der Waals surface area contributed by atoms with Gasteiger partial charge in [-0.3, -0.25) is 9.59 Å². The van der Waals surface area contributed by atoms with Gasteiger partial charge in [0.1, 0.15) is 5.75 Å². The first kappa shape index (κ1) is 20.8. The second kappa shape index (κ2) is 10.6. The summed E-state index contributed by atoms with van der Waals surface area (Å²) in [6, 6.07) is 9.53. The highest BCUT2D eigenvalue weighted by Crippen LogP contribution is 2.17. The Hall–Kier alpha value is -2.52. The summed E-state index contributed by atoms with van der Waals surface area (Å²) in [5, 5.41) is 7.47. The third-order valence-electron chi connectivity index (χ3n) is 3.72. The lowest BCUT2D eigenvalue weighted by atomic mass is 10.3. The molecule has 0 aliphatic heterocycles. The minimum absolute atomic E-state index is 0.0196. The average molecular weight is 398 g/mol. The van der Waals surface area contributed by atoms with E-state index in [2.05, 4.69) is 15.4 Å². The fourth-order valence-electron chi connectivity index (χ4n) is 2.35. The maximum atomic E-state index is 12.2. The van der Waals surface area contributed by atoms with Gasteiger partial charge in [-0.05, 0) is 42.6 Å². The third-order valence-corrected chi connectivity index (χ3v) is 4.60. The maximum Gasteiger partial charge on any atom is 0.387 e. The van der Waals surface area contributed by atoms with Gasteiger partial charge in [0.2, 0.25) is 0 Å². The van der Waals surface area contributed by atoms with Crippen LogP contribution in [-0.2, 0) is 16.1 Å². The number of thiophene rings is 1. The van der Waals surface area contributed by atoms with Gasteiger partial charge in [-0.2, -0.15) is 8.78 Å². The minimum Gasteiger partial charge on any atom is -0.435 e. The molecule has 0 aliphatic rings. The van der Waals surface area contributed by atoms with Crippen LogP contribution in [0.15, 0.2) is 41.8 Å². The molecule has 0 radical (unpaired) electrons. The first-order valence-corrected chi connectivity index (χ1v) is 9.31. The Morgan fingerprint density at radius 3 is 2.44 bits per heavy atom. The zero-order valence-corrected chi connectivity index (χ0v) is 15.7. The van der Waals surface area contributed by atoms with Gasteiger partial charge in [0.05, 0.1) is 13.1 Å². The maximum absolute atomic E-state index is 12.2. The van der Waals surface area contributed by atoms with E-state index in [1.165, 1.54) is 24.3 Å². The molecule has 0 aliphatic carbocycles. The van der Waals surface area contributed by atoms with Crippen molar-refractivity contribution >= 4 is 28.8 Å². The molecule has 6 nitrogen and oxygen atoms in total. The van der Waals surface area contributed by atoms with E-state index in [9.17, 15) is 18.4 Å². The molecule has 0 bridgehead atoms. The highest BCUT2D eigenvalue weighted by Gasteiger charge is 2.17. The zero-order chi connectivity index (χ0) is 19.6. The van der Waals surface area contributed by atoms with Crippen LogP contribution in [0.2, 0.25) is 0 Å². The Kier molecular flexibility index (Phi) is 8.15. The summed E-state index contributed by atoms with van der Waals surface area (Å²) in [4.78, 5) is 26.1. The lowest BCUT2D eigenvalue weighted by Crippen LogP contribution is -3.13. The van der Waals surface area contributed by atoms with E-state index >= 15 is 0 Å². The Balaban J connectivity index is 1.77. The molecule has 2 aromatic rings. The van der Waals surface area contributed by atoms with Crippen molar-refractivity contribution in [1.29, 1.82) is 0 Å². The van der Waals surface area contributed by atoms with Crippen LogP contribution >= 0.6 is 11.3 Å². The molecule has 9 heteroatoms. The molecule has 0 fully saturated rings. The second-order valence-corrected chi connectivity index (χ2v) is 6.80. The van der Waals surface area contributed by atoms with Gasteiger partial charge in [-0.15, -0.1) is 11.3 Å². The molecular formula is C18H22F2N3O3S+. The summed E-state index contributed by atoms with van der Waals surface area (Å²) in [6.07, 6.45) is 0. The van der Waals surface area contributed by atoms with Crippen molar-refractivity contribution in [2.75, 3.05) is 25.0 Å². The number of quaternary nitrogens is 1. The number of alkyl halides is 2. The molecule has 0 spiro atoms. The normalized spacial score (nSPS) is 11.9. The lowest BCUT2D eigenvalue weighted by molar-refractivity contribution is -0.881. The topological polar surface area (TPSA) is 71.9 Å². The molecule has 27 heavy (non-hydrogen) atoms. The summed E-state index contributed by atoms with van der Waals surface area (Å²) < 4.78 is 28.5. The van der Waals surface area contributed by atoms with Crippen LogP contribution in [0.3, 0.4) is 0 Å². The first-order valence-electron chi connectivity index (χ1n) is 8.43. The Morgan fingerprint density at radius 1 is 1.15 bits per heavy atom. The van der Waals surface area contributed by atoms with Gasteiger partial charge in [0, 0.05) is 10.6 Å². The quantitative estimate of drug-likeness (QED) is 0.568. The van der Waals surface area contributed by atoms with E-state index < -0.39 is 6.61 Å². The van der Waals surface area contributed by atoms with Crippen molar-refractivity contribution in [2.24, 2.45) is 0 Å². The number of rotatable bonds is 10. The van der Waals surface area contributed by atoms with E-state index in [1.54, 1.807) is 11.3 Å². The van der Waals surface area contributed by atoms with Crippen LogP contribution in [0, 0.1) is 0 Å². The van der Waals surface area contributed by atoms with Crippen LogP contribution in [-0.4, -0.2) is 38.1 Å². The zero-order valence-electron chi connectivity index (χ0n) is 14.8. The van der Waals surface area contributed by atoms with Crippen molar-refractivity contribution in [2.45, 2.75) is 20.1 Å². The SMILES string of the molecule is CC[NH+](CC(=O)NCc1cccs1)CC(=O)Nc1ccc(OC(F)F)cc1.